The van der Waals surface area contributed by atoms with E-state index in [2.05, 4.69) is 4.98 Å². The molecule has 1 heterocycles. The normalized spacial score (nSPS) is 10.5. The highest BCUT2D eigenvalue weighted by atomic mass is 32.1. The fourth-order valence-electron chi connectivity index (χ4n) is 2.26. The number of benzene rings is 2. The van der Waals surface area contributed by atoms with Gasteiger partial charge in [0.2, 0.25) is 6.86 Å². The lowest BCUT2D eigenvalue weighted by atomic mass is 10.0. The molecule has 0 unspecified atom stereocenters. The van der Waals surface area contributed by atoms with Gasteiger partial charge < -0.3 is 10.5 Å². The largest absolute Gasteiger partial charge is 0.462 e. The molecule has 0 fully saturated rings. The SMILES string of the molecule is NC(=O)c1nc(-c2cccc(-c3ccccc3OCF)c2)cs1. The van der Waals surface area contributed by atoms with E-state index in [9.17, 15) is 9.18 Å². The van der Waals surface area contributed by atoms with E-state index in [0.29, 0.717) is 11.4 Å². The number of nitrogens with zero attached hydrogens (tertiary/aromatic N) is 1. The molecule has 2 N–H and O–H groups in total. The van der Waals surface area contributed by atoms with Crippen LogP contribution in [-0.2, 0) is 0 Å². The lowest BCUT2D eigenvalue weighted by Gasteiger charge is -2.10. The number of amides is 1. The average Bonchev–Trinajstić information content (AvgIpc) is 3.06. The number of ether oxygens (including phenoxy) is 1. The zero-order chi connectivity index (χ0) is 16.2. The number of thiazole rings is 1. The number of carbonyl (C=O) groups excluding carboxylic acids is 1. The van der Waals surface area contributed by atoms with Crippen molar-refractivity contribution in [1.82, 2.24) is 4.98 Å². The third-order valence-corrected chi connectivity index (χ3v) is 4.14. The minimum atomic E-state index is -0.884. The second-order valence-electron chi connectivity index (χ2n) is 4.73. The molecular formula is C17H13FN2O2S. The zero-order valence-corrected chi connectivity index (χ0v) is 12.8. The summed E-state index contributed by atoms with van der Waals surface area (Å²) in [5.74, 6) is -0.0673. The van der Waals surface area contributed by atoms with Gasteiger partial charge in [0.15, 0.2) is 5.01 Å². The number of carbonyl (C=O) groups is 1. The summed E-state index contributed by atoms with van der Waals surface area (Å²) in [6.07, 6.45) is 0. The van der Waals surface area contributed by atoms with Crippen LogP contribution >= 0.6 is 11.3 Å². The molecule has 6 heteroatoms. The van der Waals surface area contributed by atoms with Crippen LogP contribution in [0.2, 0.25) is 0 Å². The quantitative estimate of drug-likeness (QED) is 0.773. The van der Waals surface area contributed by atoms with Gasteiger partial charge in [0, 0.05) is 16.5 Å². The predicted molar refractivity (Wildman–Crippen MR) is 88.1 cm³/mol. The van der Waals surface area contributed by atoms with Crippen molar-refractivity contribution < 1.29 is 13.9 Å². The molecule has 0 saturated carbocycles. The van der Waals surface area contributed by atoms with Crippen LogP contribution < -0.4 is 10.5 Å². The Morgan fingerprint density at radius 2 is 1.96 bits per heavy atom. The first-order valence-electron chi connectivity index (χ1n) is 6.83. The van der Waals surface area contributed by atoms with E-state index in [-0.39, 0.29) is 5.01 Å². The van der Waals surface area contributed by atoms with E-state index in [4.69, 9.17) is 10.5 Å². The first-order valence-corrected chi connectivity index (χ1v) is 7.71. The van der Waals surface area contributed by atoms with Crippen LogP contribution in [0, 0.1) is 0 Å². The van der Waals surface area contributed by atoms with E-state index < -0.39 is 12.8 Å². The Morgan fingerprint density at radius 1 is 1.17 bits per heavy atom. The van der Waals surface area contributed by atoms with Gasteiger partial charge in [-0.25, -0.2) is 9.37 Å². The summed E-state index contributed by atoms with van der Waals surface area (Å²) in [5, 5.41) is 2.05. The van der Waals surface area contributed by atoms with Gasteiger partial charge in [-0.1, -0.05) is 36.4 Å². The maximum Gasteiger partial charge on any atom is 0.277 e. The molecule has 116 valence electrons. The molecule has 0 atom stereocenters. The lowest BCUT2D eigenvalue weighted by molar-refractivity contribution is 0.1000. The summed E-state index contributed by atoms with van der Waals surface area (Å²) in [4.78, 5) is 15.4. The van der Waals surface area contributed by atoms with Gasteiger partial charge in [0.05, 0.1) is 5.69 Å². The van der Waals surface area contributed by atoms with Crippen molar-refractivity contribution in [2.45, 2.75) is 0 Å². The molecule has 2 aromatic carbocycles. The van der Waals surface area contributed by atoms with Crippen molar-refractivity contribution in [2.75, 3.05) is 6.86 Å². The number of aromatic nitrogens is 1. The highest BCUT2D eigenvalue weighted by Crippen LogP contribution is 2.32. The van der Waals surface area contributed by atoms with Crippen molar-refractivity contribution in [3.05, 3.63) is 58.9 Å². The summed E-state index contributed by atoms with van der Waals surface area (Å²) in [7, 11) is 0. The molecule has 0 aliphatic rings. The fraction of sp³-hybridized carbons (Fsp3) is 0.0588. The van der Waals surface area contributed by atoms with Gasteiger partial charge in [-0.3, -0.25) is 4.79 Å². The fourth-order valence-corrected chi connectivity index (χ4v) is 2.93. The topological polar surface area (TPSA) is 65.2 Å². The number of rotatable bonds is 5. The summed E-state index contributed by atoms with van der Waals surface area (Å²) in [6.45, 7) is -0.884. The molecular weight excluding hydrogens is 315 g/mol. The van der Waals surface area contributed by atoms with Crippen LogP contribution in [-0.4, -0.2) is 17.8 Å². The summed E-state index contributed by atoms with van der Waals surface area (Å²) in [6, 6.07) is 14.8. The monoisotopic (exact) mass is 328 g/mol. The summed E-state index contributed by atoms with van der Waals surface area (Å²) in [5.41, 5.74) is 8.42. The first-order chi connectivity index (χ1) is 11.2. The van der Waals surface area contributed by atoms with Gasteiger partial charge in [0.1, 0.15) is 5.75 Å². The van der Waals surface area contributed by atoms with Gasteiger partial charge in [0.25, 0.3) is 5.91 Å². The number of alkyl halides is 1. The first kappa shape index (κ1) is 15.2. The van der Waals surface area contributed by atoms with Gasteiger partial charge in [-0.05, 0) is 17.7 Å². The van der Waals surface area contributed by atoms with E-state index >= 15 is 0 Å². The molecule has 0 spiro atoms. The van der Waals surface area contributed by atoms with Gasteiger partial charge in [-0.15, -0.1) is 11.3 Å². The predicted octanol–water partition coefficient (Wildman–Crippen LogP) is 3.88. The number of hydrogen-bond donors (Lipinski definition) is 1. The molecule has 3 rings (SSSR count). The van der Waals surface area contributed by atoms with Crippen LogP contribution in [0.3, 0.4) is 0 Å². The maximum atomic E-state index is 12.5. The molecule has 0 aliphatic carbocycles. The Hall–Kier alpha value is -2.73. The molecule has 0 saturated heterocycles. The summed E-state index contributed by atoms with van der Waals surface area (Å²) < 4.78 is 17.6. The smallest absolute Gasteiger partial charge is 0.277 e. The zero-order valence-electron chi connectivity index (χ0n) is 12.0. The van der Waals surface area contributed by atoms with Crippen LogP contribution in [0.25, 0.3) is 22.4 Å². The van der Waals surface area contributed by atoms with Gasteiger partial charge in [-0.2, -0.15) is 0 Å². The standard InChI is InChI=1S/C17H13FN2O2S/c18-10-22-15-7-2-1-6-13(15)11-4-3-5-12(8-11)14-9-23-17(20-14)16(19)21/h1-9H,10H2,(H2,19,21). The number of para-hydroxylation sites is 1. The Morgan fingerprint density at radius 3 is 2.70 bits per heavy atom. The number of halogens is 1. The minimum absolute atomic E-state index is 0.270. The van der Waals surface area contributed by atoms with Crippen LogP contribution in [0.4, 0.5) is 4.39 Å². The summed E-state index contributed by atoms with van der Waals surface area (Å²) >= 11 is 1.21. The second kappa shape index (κ2) is 6.58. The Bertz CT molecular complexity index is 848. The Kier molecular flexibility index (Phi) is 4.34. The van der Waals surface area contributed by atoms with Crippen LogP contribution in [0.15, 0.2) is 53.9 Å². The Labute approximate surface area is 136 Å². The highest BCUT2D eigenvalue weighted by molar-refractivity contribution is 7.12. The van der Waals surface area contributed by atoms with Crippen LogP contribution in [0.5, 0.6) is 5.75 Å². The molecule has 0 bridgehead atoms. The highest BCUT2D eigenvalue weighted by Gasteiger charge is 2.11. The molecule has 0 radical (unpaired) electrons. The van der Waals surface area contributed by atoms with Crippen molar-refractivity contribution in [3.8, 4) is 28.1 Å². The van der Waals surface area contributed by atoms with Crippen molar-refractivity contribution in [1.29, 1.82) is 0 Å². The van der Waals surface area contributed by atoms with Gasteiger partial charge >= 0.3 is 0 Å². The molecule has 3 aromatic rings. The maximum absolute atomic E-state index is 12.5. The van der Waals surface area contributed by atoms with Crippen molar-refractivity contribution >= 4 is 17.2 Å². The molecule has 23 heavy (non-hydrogen) atoms. The van der Waals surface area contributed by atoms with E-state index in [1.54, 1.807) is 17.5 Å². The second-order valence-corrected chi connectivity index (χ2v) is 5.59. The number of nitrogens with two attached hydrogens (primary N) is 1. The van der Waals surface area contributed by atoms with E-state index in [1.165, 1.54) is 11.3 Å². The Balaban J connectivity index is 2.01. The van der Waals surface area contributed by atoms with Crippen molar-refractivity contribution in [3.63, 3.8) is 0 Å². The molecule has 1 amide bonds. The van der Waals surface area contributed by atoms with E-state index in [1.807, 2.05) is 36.4 Å². The molecule has 1 aromatic heterocycles. The third-order valence-electron chi connectivity index (χ3n) is 3.28. The number of primary amides is 1. The average molecular weight is 328 g/mol. The minimum Gasteiger partial charge on any atom is -0.462 e. The number of hydrogen-bond acceptors (Lipinski definition) is 4. The lowest BCUT2D eigenvalue weighted by Crippen LogP contribution is -2.10. The molecule has 4 nitrogen and oxygen atoms in total. The molecule has 0 aliphatic heterocycles. The third kappa shape index (κ3) is 3.22. The van der Waals surface area contributed by atoms with Crippen molar-refractivity contribution in [2.24, 2.45) is 5.73 Å². The van der Waals surface area contributed by atoms with E-state index in [0.717, 1.165) is 16.7 Å². The van der Waals surface area contributed by atoms with Crippen LogP contribution in [0.1, 0.15) is 9.80 Å².